The van der Waals surface area contributed by atoms with E-state index in [1.807, 2.05) is 0 Å². The van der Waals surface area contributed by atoms with Crippen LogP contribution in [0.25, 0.3) is 0 Å². The maximum Gasteiger partial charge on any atom is 0.0242 e. The van der Waals surface area contributed by atoms with Crippen LogP contribution in [0.1, 0.15) is 37.7 Å². The Kier molecular flexibility index (Phi) is 5.91. The minimum atomic E-state index is 0.494. The van der Waals surface area contributed by atoms with Crippen molar-refractivity contribution in [1.29, 1.82) is 0 Å². The molecule has 0 aromatic heterocycles. The summed E-state index contributed by atoms with van der Waals surface area (Å²) in [5, 5.41) is 1.14. The van der Waals surface area contributed by atoms with Crippen molar-refractivity contribution in [3.63, 3.8) is 0 Å². The molecule has 1 saturated carbocycles. The first-order valence-electron chi connectivity index (χ1n) is 7.13. The first kappa shape index (κ1) is 15.5. The SMILES string of the molecule is CN(Cc1ccccc1Br)CC1(CBr)CCCCC1. The minimum absolute atomic E-state index is 0.494. The van der Waals surface area contributed by atoms with Crippen LogP contribution in [-0.4, -0.2) is 23.8 Å². The maximum absolute atomic E-state index is 3.76. The highest BCUT2D eigenvalue weighted by molar-refractivity contribution is 9.10. The van der Waals surface area contributed by atoms with Gasteiger partial charge in [-0.3, -0.25) is 0 Å². The molecule has 0 aliphatic heterocycles. The summed E-state index contributed by atoms with van der Waals surface area (Å²) in [5.41, 5.74) is 1.87. The summed E-state index contributed by atoms with van der Waals surface area (Å²) in [5.74, 6) is 0. The van der Waals surface area contributed by atoms with Crippen LogP contribution in [0.4, 0.5) is 0 Å². The topological polar surface area (TPSA) is 3.24 Å². The zero-order valence-electron chi connectivity index (χ0n) is 11.7. The van der Waals surface area contributed by atoms with Crippen molar-refractivity contribution in [2.45, 2.75) is 38.6 Å². The zero-order chi connectivity index (χ0) is 13.7. The molecule has 3 heteroatoms. The third-order valence-electron chi connectivity index (χ3n) is 4.20. The minimum Gasteiger partial charge on any atom is -0.301 e. The Morgan fingerprint density at radius 1 is 1.16 bits per heavy atom. The Morgan fingerprint density at radius 2 is 1.84 bits per heavy atom. The molecule has 1 fully saturated rings. The van der Waals surface area contributed by atoms with Gasteiger partial charge in [-0.25, -0.2) is 0 Å². The van der Waals surface area contributed by atoms with E-state index in [1.54, 1.807) is 0 Å². The number of halogens is 2. The summed E-state index contributed by atoms with van der Waals surface area (Å²) < 4.78 is 1.22. The molecular formula is C16H23Br2N. The molecule has 0 heterocycles. The van der Waals surface area contributed by atoms with Crippen LogP contribution in [0.3, 0.4) is 0 Å². The number of alkyl halides is 1. The second kappa shape index (κ2) is 7.24. The number of hydrogen-bond donors (Lipinski definition) is 0. The van der Waals surface area contributed by atoms with Gasteiger partial charge in [0.2, 0.25) is 0 Å². The number of nitrogens with zero attached hydrogens (tertiary/aromatic N) is 1. The van der Waals surface area contributed by atoms with Gasteiger partial charge < -0.3 is 4.90 Å². The summed E-state index contributed by atoms with van der Waals surface area (Å²) in [7, 11) is 2.25. The van der Waals surface area contributed by atoms with E-state index in [4.69, 9.17) is 0 Å². The molecule has 106 valence electrons. The van der Waals surface area contributed by atoms with E-state index in [2.05, 4.69) is 68.1 Å². The fourth-order valence-corrected chi connectivity index (χ4v) is 4.33. The van der Waals surface area contributed by atoms with Gasteiger partial charge in [0.15, 0.2) is 0 Å². The molecule has 1 aromatic rings. The maximum atomic E-state index is 3.76. The van der Waals surface area contributed by atoms with Gasteiger partial charge >= 0.3 is 0 Å². The Hall–Kier alpha value is 0.140. The van der Waals surface area contributed by atoms with Crippen molar-refractivity contribution < 1.29 is 0 Å². The van der Waals surface area contributed by atoms with Gasteiger partial charge in [-0.15, -0.1) is 0 Å². The fourth-order valence-electron chi connectivity index (χ4n) is 3.18. The van der Waals surface area contributed by atoms with E-state index in [0.717, 1.165) is 11.9 Å². The summed E-state index contributed by atoms with van der Waals surface area (Å²) in [6.07, 6.45) is 6.96. The van der Waals surface area contributed by atoms with Crippen LogP contribution >= 0.6 is 31.9 Å². The van der Waals surface area contributed by atoms with Crippen LogP contribution in [0.5, 0.6) is 0 Å². The molecule has 1 nitrogen and oxygen atoms in total. The van der Waals surface area contributed by atoms with E-state index in [9.17, 15) is 0 Å². The van der Waals surface area contributed by atoms with Gasteiger partial charge in [0, 0.05) is 22.9 Å². The standard InChI is InChI=1S/C16H23Br2N/c1-19(11-14-7-3-4-8-15(14)18)13-16(12-17)9-5-2-6-10-16/h3-4,7-8H,2,5-6,9-13H2,1H3. The van der Waals surface area contributed by atoms with Crippen molar-refractivity contribution in [3.8, 4) is 0 Å². The van der Waals surface area contributed by atoms with Gasteiger partial charge in [-0.05, 0) is 36.9 Å². The highest BCUT2D eigenvalue weighted by Crippen LogP contribution is 2.38. The Balaban J connectivity index is 1.96. The van der Waals surface area contributed by atoms with Crippen molar-refractivity contribution in [2.24, 2.45) is 5.41 Å². The first-order valence-corrected chi connectivity index (χ1v) is 9.05. The molecule has 19 heavy (non-hydrogen) atoms. The highest BCUT2D eigenvalue weighted by atomic mass is 79.9. The second-order valence-corrected chi connectivity index (χ2v) is 7.37. The van der Waals surface area contributed by atoms with Crippen molar-refractivity contribution in [1.82, 2.24) is 4.90 Å². The average Bonchev–Trinajstić information content (AvgIpc) is 2.42. The highest BCUT2D eigenvalue weighted by Gasteiger charge is 2.32. The molecule has 2 rings (SSSR count). The lowest BCUT2D eigenvalue weighted by Crippen LogP contribution is -2.38. The van der Waals surface area contributed by atoms with Gasteiger partial charge in [-0.2, -0.15) is 0 Å². The summed E-state index contributed by atoms with van der Waals surface area (Å²) in [4.78, 5) is 2.48. The molecule has 0 spiro atoms. The summed E-state index contributed by atoms with van der Waals surface area (Å²) in [6.45, 7) is 2.22. The fraction of sp³-hybridized carbons (Fsp3) is 0.625. The molecule has 0 N–H and O–H groups in total. The lowest BCUT2D eigenvalue weighted by atomic mass is 9.75. The molecule has 1 aliphatic carbocycles. The normalized spacial score (nSPS) is 18.7. The van der Waals surface area contributed by atoms with Crippen LogP contribution in [-0.2, 0) is 6.54 Å². The third kappa shape index (κ3) is 4.30. The molecule has 0 atom stereocenters. The first-order chi connectivity index (χ1) is 9.15. The molecule has 0 bridgehead atoms. The number of rotatable bonds is 5. The van der Waals surface area contributed by atoms with Crippen molar-refractivity contribution in [2.75, 3.05) is 18.9 Å². The lowest BCUT2D eigenvalue weighted by Gasteiger charge is -2.39. The van der Waals surface area contributed by atoms with Gasteiger partial charge in [0.1, 0.15) is 0 Å². The van der Waals surface area contributed by atoms with Crippen LogP contribution in [0.2, 0.25) is 0 Å². The Labute approximate surface area is 134 Å². The monoisotopic (exact) mass is 387 g/mol. The van der Waals surface area contributed by atoms with E-state index < -0.39 is 0 Å². The van der Waals surface area contributed by atoms with Crippen LogP contribution < -0.4 is 0 Å². The van der Waals surface area contributed by atoms with E-state index in [-0.39, 0.29) is 0 Å². The second-order valence-electron chi connectivity index (χ2n) is 5.96. The van der Waals surface area contributed by atoms with Gasteiger partial charge in [-0.1, -0.05) is 69.3 Å². The quantitative estimate of drug-likeness (QED) is 0.624. The van der Waals surface area contributed by atoms with E-state index in [0.29, 0.717) is 5.41 Å². The zero-order valence-corrected chi connectivity index (χ0v) is 14.8. The predicted molar refractivity (Wildman–Crippen MR) is 89.8 cm³/mol. The molecule has 0 amide bonds. The third-order valence-corrected chi connectivity index (χ3v) is 6.16. The largest absolute Gasteiger partial charge is 0.301 e. The molecule has 0 unspecified atom stereocenters. The van der Waals surface area contributed by atoms with E-state index in [1.165, 1.54) is 48.7 Å². The van der Waals surface area contributed by atoms with Gasteiger partial charge in [0.05, 0.1) is 0 Å². The lowest BCUT2D eigenvalue weighted by molar-refractivity contribution is 0.141. The van der Waals surface area contributed by atoms with Crippen molar-refractivity contribution in [3.05, 3.63) is 34.3 Å². The predicted octanol–water partition coefficient (Wildman–Crippen LogP) is 5.23. The average molecular weight is 389 g/mol. The molecule has 0 saturated heterocycles. The Morgan fingerprint density at radius 3 is 2.47 bits per heavy atom. The number of hydrogen-bond acceptors (Lipinski definition) is 1. The molecule has 0 radical (unpaired) electrons. The van der Waals surface area contributed by atoms with E-state index >= 15 is 0 Å². The van der Waals surface area contributed by atoms with Gasteiger partial charge in [0.25, 0.3) is 0 Å². The molecule has 1 aromatic carbocycles. The Bertz CT molecular complexity index is 399. The van der Waals surface area contributed by atoms with Crippen LogP contribution in [0, 0.1) is 5.41 Å². The van der Waals surface area contributed by atoms with Crippen LogP contribution in [0.15, 0.2) is 28.7 Å². The van der Waals surface area contributed by atoms with Crippen molar-refractivity contribution >= 4 is 31.9 Å². The summed E-state index contributed by atoms with van der Waals surface area (Å²) >= 11 is 7.41. The smallest absolute Gasteiger partial charge is 0.0242 e. The number of benzene rings is 1. The molecular weight excluding hydrogens is 366 g/mol. The summed E-state index contributed by atoms with van der Waals surface area (Å²) in [6, 6.07) is 8.54. The molecule has 1 aliphatic rings.